The topological polar surface area (TPSA) is 21.3 Å². The number of rotatable bonds is 7. The Hall–Kier alpha value is -0.340. The normalized spacial score (nSPS) is 19.5. The molecule has 1 rings (SSSR count). The van der Waals surface area contributed by atoms with Gasteiger partial charge in [0.1, 0.15) is 0 Å². The lowest BCUT2D eigenvalue weighted by Gasteiger charge is -2.41. The van der Waals surface area contributed by atoms with Crippen LogP contribution in [0.5, 0.6) is 0 Å². The zero-order valence-electron chi connectivity index (χ0n) is 8.64. The van der Waals surface area contributed by atoms with Crippen LogP contribution >= 0.6 is 0 Å². The average molecular weight is 183 g/mol. The van der Waals surface area contributed by atoms with Gasteiger partial charge in [-0.2, -0.15) is 0 Å². The van der Waals surface area contributed by atoms with Crippen LogP contribution in [-0.4, -0.2) is 25.8 Å². The molecule has 2 nitrogen and oxygen atoms in total. The predicted octanol–water partition coefficient (Wildman–Crippen LogP) is 2.11. The molecule has 0 unspecified atom stereocenters. The Morgan fingerprint density at radius 2 is 2.31 bits per heavy atom. The van der Waals surface area contributed by atoms with Gasteiger partial charge < -0.3 is 10.1 Å². The third kappa shape index (κ3) is 3.12. The van der Waals surface area contributed by atoms with Crippen molar-refractivity contribution < 1.29 is 4.74 Å². The van der Waals surface area contributed by atoms with Crippen molar-refractivity contribution >= 4 is 0 Å². The fraction of sp³-hybridized carbons (Fsp3) is 0.818. The zero-order chi connectivity index (χ0) is 9.57. The van der Waals surface area contributed by atoms with Crippen molar-refractivity contribution in [3.63, 3.8) is 0 Å². The van der Waals surface area contributed by atoms with Crippen molar-refractivity contribution in [3.8, 4) is 0 Å². The summed E-state index contributed by atoms with van der Waals surface area (Å²) in [6, 6.07) is 0. The van der Waals surface area contributed by atoms with Gasteiger partial charge in [-0.25, -0.2) is 0 Å². The van der Waals surface area contributed by atoms with Crippen LogP contribution in [0.15, 0.2) is 12.7 Å². The minimum absolute atomic E-state index is 0.214. The molecule has 1 aliphatic rings. The fourth-order valence-electron chi connectivity index (χ4n) is 1.75. The maximum atomic E-state index is 5.90. The highest BCUT2D eigenvalue weighted by atomic mass is 16.5. The van der Waals surface area contributed by atoms with E-state index in [1.54, 1.807) is 0 Å². The van der Waals surface area contributed by atoms with E-state index in [0.717, 1.165) is 26.0 Å². The van der Waals surface area contributed by atoms with Crippen LogP contribution in [0, 0.1) is 0 Å². The van der Waals surface area contributed by atoms with E-state index in [-0.39, 0.29) is 5.60 Å². The lowest BCUT2D eigenvalue weighted by atomic mass is 9.77. The van der Waals surface area contributed by atoms with Crippen LogP contribution in [0.1, 0.15) is 32.1 Å². The zero-order valence-corrected chi connectivity index (χ0v) is 8.64. The molecule has 1 aliphatic carbocycles. The summed E-state index contributed by atoms with van der Waals surface area (Å²) in [4.78, 5) is 0. The number of nitrogens with one attached hydrogen (secondary N) is 1. The largest absolute Gasteiger partial charge is 0.375 e. The van der Waals surface area contributed by atoms with E-state index in [1.807, 2.05) is 13.1 Å². The van der Waals surface area contributed by atoms with E-state index in [4.69, 9.17) is 4.74 Å². The van der Waals surface area contributed by atoms with Gasteiger partial charge in [0.05, 0.1) is 12.2 Å². The number of ether oxygens (including phenoxy) is 1. The van der Waals surface area contributed by atoms with Gasteiger partial charge in [0.2, 0.25) is 0 Å². The van der Waals surface area contributed by atoms with Crippen molar-refractivity contribution in [2.24, 2.45) is 0 Å². The monoisotopic (exact) mass is 183 g/mol. The predicted molar refractivity (Wildman–Crippen MR) is 55.9 cm³/mol. The summed E-state index contributed by atoms with van der Waals surface area (Å²) in [6.45, 7) is 5.60. The molecule has 0 saturated heterocycles. The average Bonchev–Trinajstić information content (AvgIpc) is 2.08. The van der Waals surface area contributed by atoms with Crippen molar-refractivity contribution in [1.29, 1.82) is 0 Å². The lowest BCUT2D eigenvalue weighted by Crippen LogP contribution is -2.42. The second-order valence-corrected chi connectivity index (χ2v) is 3.82. The van der Waals surface area contributed by atoms with Gasteiger partial charge in [-0.1, -0.05) is 6.08 Å². The van der Waals surface area contributed by atoms with Crippen LogP contribution in [0.2, 0.25) is 0 Å². The third-order valence-corrected chi connectivity index (χ3v) is 2.83. The molecular formula is C11H21NO. The summed E-state index contributed by atoms with van der Waals surface area (Å²) in [5, 5.41) is 3.18. The Labute approximate surface area is 81.4 Å². The van der Waals surface area contributed by atoms with Crippen molar-refractivity contribution in [2.75, 3.05) is 20.2 Å². The molecule has 0 radical (unpaired) electrons. The molecule has 0 aromatic rings. The minimum Gasteiger partial charge on any atom is -0.375 e. The maximum absolute atomic E-state index is 5.90. The van der Waals surface area contributed by atoms with Gasteiger partial charge in [0.15, 0.2) is 0 Å². The van der Waals surface area contributed by atoms with Crippen LogP contribution in [0.3, 0.4) is 0 Å². The molecule has 13 heavy (non-hydrogen) atoms. The minimum atomic E-state index is 0.214. The quantitative estimate of drug-likeness (QED) is 0.482. The second-order valence-electron chi connectivity index (χ2n) is 3.82. The summed E-state index contributed by atoms with van der Waals surface area (Å²) in [5.74, 6) is 0. The Bertz CT molecular complexity index is 152. The molecule has 1 N–H and O–H groups in total. The standard InChI is InChI=1S/C11H21NO/c1-3-4-10-13-11(6-5-7-11)8-9-12-2/h3,12H,1,4-10H2,2H3. The van der Waals surface area contributed by atoms with Crippen LogP contribution < -0.4 is 5.32 Å². The van der Waals surface area contributed by atoms with Crippen molar-refractivity contribution in [3.05, 3.63) is 12.7 Å². The van der Waals surface area contributed by atoms with E-state index in [2.05, 4.69) is 11.9 Å². The highest BCUT2D eigenvalue weighted by Crippen LogP contribution is 2.38. The first-order valence-electron chi connectivity index (χ1n) is 5.22. The summed E-state index contributed by atoms with van der Waals surface area (Å²) in [7, 11) is 2.00. The van der Waals surface area contributed by atoms with Crippen LogP contribution in [0.25, 0.3) is 0 Å². The second kappa shape index (κ2) is 5.40. The molecule has 1 fully saturated rings. The molecule has 0 heterocycles. The molecule has 0 bridgehead atoms. The Morgan fingerprint density at radius 3 is 2.77 bits per heavy atom. The van der Waals surface area contributed by atoms with E-state index in [0.29, 0.717) is 0 Å². The molecule has 76 valence electrons. The fourth-order valence-corrected chi connectivity index (χ4v) is 1.75. The Morgan fingerprint density at radius 1 is 1.54 bits per heavy atom. The van der Waals surface area contributed by atoms with E-state index in [1.165, 1.54) is 19.3 Å². The first-order chi connectivity index (χ1) is 6.33. The molecule has 2 heteroatoms. The van der Waals surface area contributed by atoms with E-state index in [9.17, 15) is 0 Å². The van der Waals surface area contributed by atoms with Gasteiger partial charge in [-0.05, 0) is 45.7 Å². The van der Waals surface area contributed by atoms with Gasteiger partial charge in [-0.3, -0.25) is 0 Å². The smallest absolute Gasteiger partial charge is 0.0694 e. The lowest BCUT2D eigenvalue weighted by molar-refractivity contribution is -0.102. The summed E-state index contributed by atoms with van der Waals surface area (Å²) in [5.41, 5.74) is 0.214. The molecule has 0 aromatic heterocycles. The molecular weight excluding hydrogens is 162 g/mol. The number of hydrogen-bond donors (Lipinski definition) is 1. The van der Waals surface area contributed by atoms with Crippen LogP contribution in [0.4, 0.5) is 0 Å². The molecule has 0 aromatic carbocycles. The van der Waals surface area contributed by atoms with E-state index < -0.39 is 0 Å². The van der Waals surface area contributed by atoms with Crippen LogP contribution in [-0.2, 0) is 4.74 Å². The molecule has 1 saturated carbocycles. The molecule has 0 aliphatic heterocycles. The van der Waals surface area contributed by atoms with Crippen molar-refractivity contribution in [2.45, 2.75) is 37.7 Å². The summed E-state index contributed by atoms with van der Waals surface area (Å²) >= 11 is 0. The first kappa shape index (κ1) is 10.7. The number of hydrogen-bond acceptors (Lipinski definition) is 2. The van der Waals surface area contributed by atoms with Gasteiger partial charge in [0, 0.05) is 0 Å². The molecule has 0 amide bonds. The third-order valence-electron chi connectivity index (χ3n) is 2.83. The SMILES string of the molecule is C=CCCOC1(CCNC)CCC1. The van der Waals surface area contributed by atoms with E-state index >= 15 is 0 Å². The Balaban J connectivity index is 2.19. The van der Waals surface area contributed by atoms with Gasteiger partial charge in [0.25, 0.3) is 0 Å². The van der Waals surface area contributed by atoms with Gasteiger partial charge in [-0.15, -0.1) is 6.58 Å². The van der Waals surface area contributed by atoms with Gasteiger partial charge >= 0.3 is 0 Å². The highest BCUT2D eigenvalue weighted by molar-refractivity contribution is 4.90. The summed E-state index contributed by atoms with van der Waals surface area (Å²) in [6.07, 6.45) is 7.86. The Kier molecular flexibility index (Phi) is 4.46. The highest BCUT2D eigenvalue weighted by Gasteiger charge is 2.36. The maximum Gasteiger partial charge on any atom is 0.0694 e. The molecule has 0 spiro atoms. The first-order valence-corrected chi connectivity index (χ1v) is 5.22. The van der Waals surface area contributed by atoms with Crippen molar-refractivity contribution in [1.82, 2.24) is 5.32 Å². The summed E-state index contributed by atoms with van der Waals surface area (Å²) < 4.78 is 5.90. The molecule has 0 atom stereocenters.